The predicted octanol–water partition coefficient (Wildman–Crippen LogP) is 4.82. The van der Waals surface area contributed by atoms with Gasteiger partial charge in [0.05, 0.1) is 25.4 Å². The fraction of sp³-hybridized carbons (Fsp3) is 0.231. The molecule has 0 aromatic heterocycles. The lowest BCUT2D eigenvalue weighted by molar-refractivity contribution is -0.131. The summed E-state index contributed by atoms with van der Waals surface area (Å²) in [6, 6.07) is 25.9. The third-order valence-corrected chi connectivity index (χ3v) is 5.62. The zero-order valence-electron chi connectivity index (χ0n) is 18.2. The Hall–Kier alpha value is -3.60. The fourth-order valence-corrected chi connectivity index (χ4v) is 3.88. The van der Waals surface area contributed by atoms with Gasteiger partial charge in [0, 0.05) is 24.7 Å². The predicted molar refractivity (Wildman–Crippen MR) is 125 cm³/mol. The van der Waals surface area contributed by atoms with E-state index < -0.39 is 0 Å². The van der Waals surface area contributed by atoms with E-state index in [1.165, 1.54) is 5.56 Å². The zero-order valence-corrected chi connectivity index (χ0v) is 18.2. The van der Waals surface area contributed by atoms with Gasteiger partial charge < -0.3 is 9.64 Å². The molecule has 5 nitrogen and oxygen atoms in total. The third kappa shape index (κ3) is 4.45. The smallest absolute Gasteiger partial charge is 0.262 e. The van der Waals surface area contributed by atoms with Crippen LogP contribution in [0.3, 0.4) is 0 Å². The van der Waals surface area contributed by atoms with Crippen molar-refractivity contribution in [1.82, 2.24) is 5.01 Å². The van der Waals surface area contributed by atoms with Crippen molar-refractivity contribution in [2.75, 3.05) is 25.6 Å². The first kappa shape index (κ1) is 20.7. The quantitative estimate of drug-likeness (QED) is 0.582. The summed E-state index contributed by atoms with van der Waals surface area (Å²) in [5.41, 5.74) is 5.05. The zero-order chi connectivity index (χ0) is 21.8. The number of methoxy groups -OCH3 is 1. The molecule has 0 bridgehead atoms. The number of para-hydroxylation sites is 2. The van der Waals surface area contributed by atoms with Crippen LogP contribution < -0.4 is 9.64 Å². The molecular formula is C26H27N3O2. The van der Waals surface area contributed by atoms with Gasteiger partial charge in [-0.25, -0.2) is 5.01 Å². The van der Waals surface area contributed by atoms with E-state index in [0.29, 0.717) is 6.42 Å². The summed E-state index contributed by atoms with van der Waals surface area (Å²) < 4.78 is 5.54. The number of ether oxygens (including phenoxy) is 1. The average molecular weight is 414 g/mol. The SMILES string of the molecule is COc1ccccc1C1=NN(C(=O)CN(C)c2ccccc2)[C@H](c2ccc(C)cc2)C1. The van der Waals surface area contributed by atoms with Gasteiger partial charge in [-0.3, -0.25) is 4.79 Å². The van der Waals surface area contributed by atoms with Crippen molar-refractivity contribution >= 4 is 17.3 Å². The summed E-state index contributed by atoms with van der Waals surface area (Å²) in [6.45, 7) is 2.31. The molecule has 158 valence electrons. The number of likely N-dealkylation sites (N-methyl/N-ethyl adjacent to an activating group) is 1. The Bertz CT molecular complexity index is 1080. The second kappa shape index (κ2) is 9.04. The molecule has 0 N–H and O–H groups in total. The Labute approximate surface area is 183 Å². The highest BCUT2D eigenvalue weighted by Gasteiger charge is 2.34. The number of carbonyl (C=O) groups is 1. The first-order valence-corrected chi connectivity index (χ1v) is 10.4. The van der Waals surface area contributed by atoms with Crippen molar-refractivity contribution in [2.24, 2.45) is 5.10 Å². The molecule has 3 aromatic rings. The number of rotatable bonds is 6. The summed E-state index contributed by atoms with van der Waals surface area (Å²) in [5, 5.41) is 6.43. The molecule has 1 atom stereocenters. The highest BCUT2D eigenvalue weighted by molar-refractivity contribution is 6.05. The van der Waals surface area contributed by atoms with Crippen molar-refractivity contribution in [1.29, 1.82) is 0 Å². The fourth-order valence-electron chi connectivity index (χ4n) is 3.88. The molecule has 0 unspecified atom stereocenters. The standard InChI is InChI=1S/C26H27N3O2/c1-19-13-15-20(16-14-19)24-17-23(22-11-7-8-12-25(22)31-3)27-29(24)26(30)18-28(2)21-9-5-4-6-10-21/h4-16,24H,17-18H2,1-3H3/t24-/m0/s1. The molecule has 0 fully saturated rings. The lowest BCUT2D eigenvalue weighted by Gasteiger charge is -2.25. The lowest BCUT2D eigenvalue weighted by Crippen LogP contribution is -2.36. The van der Waals surface area contributed by atoms with Crippen molar-refractivity contribution in [3.05, 3.63) is 95.6 Å². The highest BCUT2D eigenvalue weighted by Crippen LogP contribution is 2.35. The molecule has 31 heavy (non-hydrogen) atoms. The molecule has 1 amide bonds. The molecule has 5 heteroatoms. The van der Waals surface area contributed by atoms with Crippen molar-refractivity contribution in [3.63, 3.8) is 0 Å². The van der Waals surface area contributed by atoms with E-state index in [0.717, 1.165) is 28.3 Å². The van der Waals surface area contributed by atoms with E-state index in [4.69, 9.17) is 9.84 Å². The van der Waals surface area contributed by atoms with Crippen LogP contribution in [-0.2, 0) is 4.79 Å². The minimum Gasteiger partial charge on any atom is -0.496 e. The summed E-state index contributed by atoms with van der Waals surface area (Å²) in [6.07, 6.45) is 0.643. The van der Waals surface area contributed by atoms with Crippen LogP contribution >= 0.6 is 0 Å². The number of aryl methyl sites for hydroxylation is 1. The number of hydrogen-bond donors (Lipinski definition) is 0. The molecule has 0 saturated heterocycles. The Morgan fingerprint density at radius 1 is 1.03 bits per heavy atom. The maximum absolute atomic E-state index is 13.4. The van der Waals surface area contributed by atoms with Gasteiger partial charge in [0.1, 0.15) is 5.75 Å². The molecule has 0 aliphatic carbocycles. The molecule has 4 rings (SSSR count). The number of amides is 1. The second-order valence-corrected chi connectivity index (χ2v) is 7.81. The Balaban J connectivity index is 1.65. The van der Waals surface area contributed by atoms with Crippen LogP contribution in [0.1, 0.15) is 29.2 Å². The molecule has 3 aromatic carbocycles. The molecular weight excluding hydrogens is 386 g/mol. The third-order valence-electron chi connectivity index (χ3n) is 5.62. The molecule has 1 aliphatic rings. The summed E-state index contributed by atoms with van der Waals surface area (Å²) in [7, 11) is 3.58. The number of anilines is 1. The van der Waals surface area contributed by atoms with Crippen molar-refractivity contribution < 1.29 is 9.53 Å². The largest absolute Gasteiger partial charge is 0.496 e. The number of hydrogen-bond acceptors (Lipinski definition) is 4. The van der Waals surface area contributed by atoms with Crippen LogP contribution in [0, 0.1) is 6.92 Å². The van der Waals surface area contributed by atoms with E-state index in [9.17, 15) is 4.79 Å². The van der Waals surface area contributed by atoms with E-state index in [-0.39, 0.29) is 18.5 Å². The van der Waals surface area contributed by atoms with Crippen molar-refractivity contribution in [3.8, 4) is 5.75 Å². The number of hydrazone groups is 1. The summed E-state index contributed by atoms with van der Waals surface area (Å²) >= 11 is 0. The number of carbonyl (C=O) groups excluding carboxylic acids is 1. The van der Waals surface area contributed by atoms with Gasteiger partial charge in [-0.05, 0) is 36.8 Å². The van der Waals surface area contributed by atoms with Gasteiger partial charge in [-0.1, -0.05) is 60.2 Å². The van der Waals surface area contributed by atoms with Crippen LogP contribution in [0.2, 0.25) is 0 Å². The van der Waals surface area contributed by atoms with Gasteiger partial charge in [0.25, 0.3) is 5.91 Å². The van der Waals surface area contributed by atoms with E-state index in [1.54, 1.807) is 12.1 Å². The lowest BCUT2D eigenvalue weighted by atomic mass is 9.97. The molecule has 1 aliphatic heterocycles. The minimum atomic E-state index is -0.141. The van der Waals surface area contributed by atoms with Gasteiger partial charge >= 0.3 is 0 Å². The van der Waals surface area contributed by atoms with Crippen LogP contribution in [0.15, 0.2) is 84.0 Å². The summed E-state index contributed by atoms with van der Waals surface area (Å²) in [5.74, 6) is 0.724. The average Bonchev–Trinajstić information content (AvgIpc) is 3.25. The first-order chi connectivity index (χ1) is 15.1. The minimum absolute atomic E-state index is 0.0400. The Kier molecular flexibility index (Phi) is 6.03. The van der Waals surface area contributed by atoms with E-state index in [2.05, 4.69) is 31.2 Å². The van der Waals surface area contributed by atoms with Gasteiger partial charge in [0.15, 0.2) is 0 Å². The van der Waals surface area contributed by atoms with Gasteiger partial charge in [-0.2, -0.15) is 5.10 Å². The normalized spacial score (nSPS) is 15.5. The molecule has 0 spiro atoms. The monoisotopic (exact) mass is 413 g/mol. The maximum atomic E-state index is 13.4. The first-order valence-electron chi connectivity index (χ1n) is 10.4. The molecule has 1 heterocycles. The van der Waals surface area contributed by atoms with E-state index >= 15 is 0 Å². The van der Waals surface area contributed by atoms with Crippen LogP contribution in [0.5, 0.6) is 5.75 Å². The van der Waals surface area contributed by atoms with Gasteiger partial charge in [0.2, 0.25) is 0 Å². The number of nitrogens with zero attached hydrogens (tertiary/aromatic N) is 3. The topological polar surface area (TPSA) is 45.1 Å². The second-order valence-electron chi connectivity index (χ2n) is 7.81. The van der Waals surface area contributed by atoms with Crippen LogP contribution in [0.25, 0.3) is 0 Å². The Morgan fingerprint density at radius 3 is 2.42 bits per heavy atom. The summed E-state index contributed by atoms with van der Waals surface area (Å²) in [4.78, 5) is 15.3. The van der Waals surface area contributed by atoms with Crippen molar-refractivity contribution in [2.45, 2.75) is 19.4 Å². The van der Waals surface area contributed by atoms with Crippen LogP contribution in [-0.4, -0.2) is 37.3 Å². The highest BCUT2D eigenvalue weighted by atomic mass is 16.5. The van der Waals surface area contributed by atoms with E-state index in [1.807, 2.05) is 66.5 Å². The molecule has 0 saturated carbocycles. The maximum Gasteiger partial charge on any atom is 0.262 e. The molecule has 0 radical (unpaired) electrons. The van der Waals surface area contributed by atoms with Gasteiger partial charge in [-0.15, -0.1) is 0 Å². The van der Waals surface area contributed by atoms with Crippen LogP contribution in [0.4, 0.5) is 5.69 Å². The number of benzene rings is 3. The Morgan fingerprint density at radius 2 is 1.71 bits per heavy atom.